The Morgan fingerprint density at radius 1 is 1.10 bits per heavy atom. The molecule has 0 unspecified atom stereocenters. The summed E-state index contributed by atoms with van der Waals surface area (Å²) in [5.41, 5.74) is 1.23. The van der Waals surface area contributed by atoms with Gasteiger partial charge in [-0.05, 0) is 54.8 Å². The van der Waals surface area contributed by atoms with Crippen LogP contribution in [0.15, 0.2) is 53.4 Å². The number of halogens is 2. The Labute approximate surface area is 174 Å². The Morgan fingerprint density at radius 3 is 2.27 bits per heavy atom. The summed E-state index contributed by atoms with van der Waals surface area (Å²) in [5.74, 6) is 0.0495. The van der Waals surface area contributed by atoms with Crippen LogP contribution in [0, 0.1) is 0 Å². The number of anilines is 1. The van der Waals surface area contributed by atoms with Crippen molar-refractivity contribution in [2.24, 2.45) is 0 Å². The first-order valence-corrected chi connectivity index (χ1v) is 11.2. The van der Waals surface area contributed by atoms with Gasteiger partial charge in [0.2, 0.25) is 0 Å². The van der Waals surface area contributed by atoms with E-state index in [0.29, 0.717) is 18.5 Å². The number of nitrogens with one attached hydrogen (secondary N) is 1. The number of benzene rings is 2. The minimum absolute atomic E-state index is 0.0495. The first-order chi connectivity index (χ1) is 14.3. The van der Waals surface area contributed by atoms with E-state index in [9.17, 15) is 22.0 Å². The molecule has 2 amide bonds. The van der Waals surface area contributed by atoms with Crippen LogP contribution in [0.25, 0.3) is 0 Å². The zero-order valence-corrected chi connectivity index (χ0v) is 17.4. The molecule has 2 aromatic carbocycles. The minimum atomic E-state index is -3.33. The van der Waals surface area contributed by atoms with Crippen molar-refractivity contribution in [2.75, 3.05) is 12.4 Å². The molecule has 1 aliphatic rings. The highest BCUT2D eigenvalue weighted by Crippen LogP contribution is 2.30. The van der Waals surface area contributed by atoms with E-state index in [1.807, 2.05) is 0 Å². The average molecular weight is 438 g/mol. The van der Waals surface area contributed by atoms with Gasteiger partial charge in [0.05, 0.1) is 10.1 Å². The number of hydrogen-bond acceptors (Lipinski definition) is 4. The fraction of sp³-hybridized carbons (Fsp3) is 0.381. The molecule has 0 spiro atoms. The number of hydrogen-bond donors (Lipinski definition) is 1. The summed E-state index contributed by atoms with van der Waals surface area (Å²) in [5, 5.41) is 2.40. The van der Waals surface area contributed by atoms with E-state index in [0.717, 1.165) is 18.4 Å². The number of urea groups is 1. The van der Waals surface area contributed by atoms with Crippen molar-refractivity contribution < 1.29 is 26.7 Å². The smallest absolute Gasteiger partial charge is 0.387 e. The van der Waals surface area contributed by atoms with Gasteiger partial charge in [0.25, 0.3) is 0 Å². The third kappa shape index (κ3) is 5.47. The largest absolute Gasteiger partial charge is 0.435 e. The summed E-state index contributed by atoms with van der Waals surface area (Å²) in [7, 11) is -1.74. The average Bonchev–Trinajstić information content (AvgIpc) is 3.25. The van der Waals surface area contributed by atoms with Crippen molar-refractivity contribution in [3.8, 4) is 5.75 Å². The normalized spacial score (nSPS) is 14.7. The third-order valence-corrected chi connectivity index (χ3v) is 7.37. The molecular formula is C21H24F2N2O4S. The summed E-state index contributed by atoms with van der Waals surface area (Å²) < 4.78 is 53.9. The zero-order valence-electron chi connectivity index (χ0n) is 16.6. The number of ether oxygens (including phenoxy) is 1. The number of carbonyl (C=O) groups excluding carboxylic acids is 1. The number of alkyl halides is 2. The molecule has 1 N–H and O–H groups in total. The van der Waals surface area contributed by atoms with Gasteiger partial charge in [-0.2, -0.15) is 8.78 Å². The molecule has 1 fully saturated rings. The quantitative estimate of drug-likeness (QED) is 0.682. The van der Waals surface area contributed by atoms with Crippen molar-refractivity contribution in [3.05, 3.63) is 54.1 Å². The molecule has 9 heteroatoms. The van der Waals surface area contributed by atoms with Gasteiger partial charge in [-0.15, -0.1) is 0 Å². The lowest BCUT2D eigenvalue weighted by Crippen LogP contribution is -2.30. The summed E-state index contributed by atoms with van der Waals surface area (Å²) in [4.78, 5) is 14.1. The van der Waals surface area contributed by atoms with Crippen LogP contribution in [-0.2, 0) is 16.4 Å². The molecule has 0 aromatic heterocycles. The van der Waals surface area contributed by atoms with Gasteiger partial charge in [0, 0.05) is 19.3 Å². The van der Waals surface area contributed by atoms with Gasteiger partial charge < -0.3 is 15.0 Å². The minimum Gasteiger partial charge on any atom is -0.435 e. The van der Waals surface area contributed by atoms with E-state index in [2.05, 4.69) is 10.1 Å². The lowest BCUT2D eigenvalue weighted by molar-refractivity contribution is -0.0498. The van der Waals surface area contributed by atoms with Gasteiger partial charge in [-0.25, -0.2) is 13.2 Å². The SMILES string of the molecule is CN(Cc1ccc(OC(F)F)cc1)C(=O)Nc1ccc(S(=O)(=O)C2CCCC2)cc1. The Hall–Kier alpha value is -2.68. The second kappa shape index (κ2) is 9.42. The molecule has 0 radical (unpaired) electrons. The first-order valence-electron chi connectivity index (χ1n) is 9.65. The van der Waals surface area contributed by atoms with Crippen LogP contribution >= 0.6 is 0 Å². The standard InChI is InChI=1S/C21H24F2N2O4S/c1-25(14-15-6-10-17(11-7-15)29-20(22)23)21(26)24-16-8-12-19(13-9-16)30(27,28)18-4-2-3-5-18/h6-13,18,20H,2-5,14H2,1H3,(H,24,26). The van der Waals surface area contributed by atoms with Gasteiger partial charge >= 0.3 is 12.6 Å². The predicted molar refractivity (Wildman–Crippen MR) is 109 cm³/mol. The van der Waals surface area contributed by atoms with Gasteiger partial charge in [-0.3, -0.25) is 0 Å². The highest BCUT2D eigenvalue weighted by Gasteiger charge is 2.30. The number of nitrogens with zero attached hydrogens (tertiary/aromatic N) is 1. The fourth-order valence-electron chi connectivity index (χ4n) is 3.46. The number of amides is 2. The van der Waals surface area contributed by atoms with E-state index >= 15 is 0 Å². The zero-order chi connectivity index (χ0) is 21.7. The maximum atomic E-state index is 12.6. The van der Waals surface area contributed by atoms with Crippen LogP contribution in [0.3, 0.4) is 0 Å². The molecule has 6 nitrogen and oxygen atoms in total. The van der Waals surface area contributed by atoms with Crippen molar-refractivity contribution in [1.82, 2.24) is 4.90 Å². The Balaban J connectivity index is 1.57. The first kappa shape index (κ1) is 22.0. The van der Waals surface area contributed by atoms with Gasteiger partial charge in [0.1, 0.15) is 5.75 Å². The van der Waals surface area contributed by atoms with E-state index in [-0.39, 0.29) is 28.5 Å². The van der Waals surface area contributed by atoms with Crippen LogP contribution < -0.4 is 10.1 Å². The second-order valence-corrected chi connectivity index (χ2v) is 9.51. The molecule has 0 saturated heterocycles. The van der Waals surface area contributed by atoms with E-state index < -0.39 is 16.4 Å². The number of carbonyl (C=O) groups is 1. The molecule has 0 bridgehead atoms. The fourth-order valence-corrected chi connectivity index (χ4v) is 5.31. The molecule has 30 heavy (non-hydrogen) atoms. The summed E-state index contributed by atoms with van der Waals surface area (Å²) in [6.07, 6.45) is 3.26. The van der Waals surface area contributed by atoms with Crippen LogP contribution in [0.1, 0.15) is 31.2 Å². The van der Waals surface area contributed by atoms with Crippen molar-refractivity contribution in [3.63, 3.8) is 0 Å². The molecule has 2 aromatic rings. The maximum Gasteiger partial charge on any atom is 0.387 e. The van der Waals surface area contributed by atoms with Crippen LogP contribution in [0.2, 0.25) is 0 Å². The monoisotopic (exact) mass is 438 g/mol. The molecular weight excluding hydrogens is 414 g/mol. The molecule has 162 valence electrons. The van der Waals surface area contributed by atoms with Crippen LogP contribution in [0.5, 0.6) is 5.75 Å². The Bertz CT molecular complexity index is 958. The van der Waals surface area contributed by atoms with Crippen molar-refractivity contribution >= 4 is 21.6 Å². The molecule has 1 aliphatic carbocycles. The van der Waals surface area contributed by atoms with E-state index in [4.69, 9.17) is 0 Å². The summed E-state index contributed by atoms with van der Waals surface area (Å²) in [6.45, 7) is -2.63. The molecule has 0 atom stereocenters. The number of rotatable bonds is 7. The molecule has 1 saturated carbocycles. The number of sulfone groups is 1. The third-order valence-electron chi connectivity index (χ3n) is 5.09. The summed E-state index contributed by atoms with van der Waals surface area (Å²) >= 11 is 0. The Kier molecular flexibility index (Phi) is 6.91. The summed E-state index contributed by atoms with van der Waals surface area (Å²) in [6, 6.07) is 11.8. The highest BCUT2D eigenvalue weighted by molar-refractivity contribution is 7.92. The van der Waals surface area contributed by atoms with E-state index in [1.54, 1.807) is 31.3 Å². The molecule has 0 heterocycles. The second-order valence-electron chi connectivity index (χ2n) is 7.28. The topological polar surface area (TPSA) is 75.7 Å². The van der Waals surface area contributed by atoms with Crippen molar-refractivity contribution in [1.29, 1.82) is 0 Å². The van der Waals surface area contributed by atoms with Gasteiger partial charge in [-0.1, -0.05) is 25.0 Å². The lowest BCUT2D eigenvalue weighted by Gasteiger charge is -2.18. The van der Waals surface area contributed by atoms with Crippen molar-refractivity contribution in [2.45, 2.75) is 49.0 Å². The Morgan fingerprint density at radius 2 is 1.70 bits per heavy atom. The van der Waals surface area contributed by atoms with Crippen LogP contribution in [-0.4, -0.2) is 38.3 Å². The molecule has 0 aliphatic heterocycles. The van der Waals surface area contributed by atoms with Crippen LogP contribution in [0.4, 0.5) is 19.3 Å². The predicted octanol–water partition coefficient (Wildman–Crippen LogP) is 4.67. The maximum absolute atomic E-state index is 12.6. The van der Waals surface area contributed by atoms with Gasteiger partial charge in [0.15, 0.2) is 9.84 Å². The van der Waals surface area contributed by atoms with E-state index in [1.165, 1.54) is 29.2 Å². The highest BCUT2D eigenvalue weighted by atomic mass is 32.2. The molecule has 3 rings (SSSR count). The lowest BCUT2D eigenvalue weighted by atomic mass is 10.2.